The topological polar surface area (TPSA) is 61.9 Å². The van der Waals surface area contributed by atoms with Crippen LogP contribution in [-0.4, -0.2) is 66.5 Å². The molecule has 154 valence electrons. The van der Waals surface area contributed by atoms with Crippen LogP contribution in [0.1, 0.15) is 56.3 Å². The first-order chi connectivity index (χ1) is 13.5. The van der Waals surface area contributed by atoms with Crippen molar-refractivity contribution >= 4 is 11.8 Å². The van der Waals surface area contributed by atoms with E-state index in [1.807, 2.05) is 0 Å². The molecule has 2 aliphatic rings. The van der Waals surface area contributed by atoms with Crippen molar-refractivity contribution in [2.75, 3.05) is 26.7 Å². The van der Waals surface area contributed by atoms with E-state index in [0.29, 0.717) is 24.2 Å². The number of carbonyl (C=O) groups is 2. The van der Waals surface area contributed by atoms with Crippen LogP contribution in [0.2, 0.25) is 0 Å². The summed E-state index contributed by atoms with van der Waals surface area (Å²) in [6.07, 6.45) is 5.18. The van der Waals surface area contributed by atoms with Gasteiger partial charge in [0.15, 0.2) is 0 Å². The number of hydrogen-bond acceptors (Lipinski definition) is 4. The average Bonchev–Trinajstić information content (AvgIpc) is 2.69. The minimum atomic E-state index is -0.0480. The third-order valence-electron chi connectivity index (χ3n) is 6.12. The van der Waals surface area contributed by atoms with Crippen molar-refractivity contribution in [1.29, 1.82) is 0 Å². The Morgan fingerprint density at radius 3 is 2.21 bits per heavy atom. The first-order valence-corrected chi connectivity index (χ1v) is 10.5. The van der Waals surface area contributed by atoms with Gasteiger partial charge in [0.25, 0.3) is 5.91 Å². The molecule has 1 aromatic carbocycles. The van der Waals surface area contributed by atoms with E-state index in [4.69, 9.17) is 4.74 Å². The van der Waals surface area contributed by atoms with E-state index in [9.17, 15) is 9.59 Å². The molecule has 28 heavy (non-hydrogen) atoms. The molecule has 0 bridgehead atoms. The molecule has 0 spiro atoms. The summed E-state index contributed by atoms with van der Waals surface area (Å²) < 4.78 is 5.13. The molecular formula is C22H33N3O3. The fourth-order valence-electron chi connectivity index (χ4n) is 4.43. The molecule has 6 nitrogen and oxygen atoms in total. The number of methoxy groups -OCH3 is 1. The number of piperidine rings is 2. The average molecular weight is 388 g/mol. The van der Waals surface area contributed by atoms with Crippen LogP contribution in [0, 0.1) is 0 Å². The Balaban J connectivity index is 1.45. The smallest absolute Gasteiger partial charge is 0.251 e. The molecule has 2 aliphatic heterocycles. The number of hydrogen-bond donors (Lipinski definition) is 1. The lowest BCUT2D eigenvalue weighted by molar-refractivity contribution is -0.138. The van der Waals surface area contributed by atoms with E-state index in [2.05, 4.69) is 29.0 Å². The zero-order chi connectivity index (χ0) is 20.1. The third kappa shape index (κ3) is 5.04. The summed E-state index contributed by atoms with van der Waals surface area (Å²) in [5.74, 6) is 0.945. The molecule has 6 heteroatoms. The normalized spacial score (nSPS) is 24.0. The predicted molar refractivity (Wildman–Crippen MR) is 110 cm³/mol. The van der Waals surface area contributed by atoms with Gasteiger partial charge in [0.2, 0.25) is 5.91 Å². The van der Waals surface area contributed by atoms with Crippen molar-refractivity contribution in [2.24, 2.45) is 0 Å². The second-order valence-corrected chi connectivity index (χ2v) is 8.18. The van der Waals surface area contributed by atoms with E-state index in [-0.39, 0.29) is 17.9 Å². The van der Waals surface area contributed by atoms with Crippen molar-refractivity contribution in [2.45, 2.75) is 64.1 Å². The minimum Gasteiger partial charge on any atom is -0.497 e. The Hall–Kier alpha value is -2.08. The molecule has 0 radical (unpaired) electrons. The van der Waals surface area contributed by atoms with Crippen molar-refractivity contribution in [3.63, 3.8) is 0 Å². The number of nitrogens with zero attached hydrogens (tertiary/aromatic N) is 2. The van der Waals surface area contributed by atoms with Crippen LogP contribution in [0.3, 0.4) is 0 Å². The van der Waals surface area contributed by atoms with Crippen molar-refractivity contribution in [1.82, 2.24) is 15.1 Å². The zero-order valence-corrected chi connectivity index (χ0v) is 17.3. The fraction of sp³-hybridized carbons (Fsp3) is 0.636. The van der Waals surface area contributed by atoms with Crippen LogP contribution >= 0.6 is 0 Å². The highest BCUT2D eigenvalue weighted by Gasteiger charge is 2.30. The van der Waals surface area contributed by atoms with Crippen LogP contribution in [0.5, 0.6) is 5.75 Å². The lowest BCUT2D eigenvalue weighted by Gasteiger charge is -2.41. The van der Waals surface area contributed by atoms with Gasteiger partial charge in [-0.2, -0.15) is 0 Å². The molecule has 0 unspecified atom stereocenters. The quantitative estimate of drug-likeness (QED) is 0.844. The molecule has 2 saturated heterocycles. The molecule has 2 amide bonds. The van der Waals surface area contributed by atoms with Crippen LogP contribution in [0.4, 0.5) is 0 Å². The summed E-state index contributed by atoms with van der Waals surface area (Å²) in [6.45, 7) is 6.50. The monoisotopic (exact) mass is 387 g/mol. The number of benzene rings is 1. The van der Waals surface area contributed by atoms with E-state index in [0.717, 1.165) is 44.5 Å². The second-order valence-electron chi connectivity index (χ2n) is 8.18. The lowest BCUT2D eigenvalue weighted by Crippen LogP contribution is -2.53. The van der Waals surface area contributed by atoms with Crippen LogP contribution in [0.25, 0.3) is 0 Å². The van der Waals surface area contributed by atoms with Gasteiger partial charge in [-0.05, 0) is 70.2 Å². The number of rotatable bonds is 5. The van der Waals surface area contributed by atoms with Gasteiger partial charge in [-0.1, -0.05) is 0 Å². The van der Waals surface area contributed by atoms with Gasteiger partial charge < -0.3 is 15.0 Å². The number of ether oxygens (including phenoxy) is 1. The molecule has 2 fully saturated rings. The Kier molecular flexibility index (Phi) is 6.94. The Bertz CT molecular complexity index is 658. The molecule has 1 N–H and O–H groups in total. The van der Waals surface area contributed by atoms with Gasteiger partial charge in [-0.15, -0.1) is 0 Å². The fourth-order valence-corrected chi connectivity index (χ4v) is 4.43. The lowest BCUT2D eigenvalue weighted by atomic mass is 9.97. The van der Waals surface area contributed by atoms with Gasteiger partial charge in [-0.3, -0.25) is 14.5 Å². The van der Waals surface area contributed by atoms with Gasteiger partial charge in [0.05, 0.1) is 13.7 Å². The molecule has 0 aliphatic carbocycles. The number of likely N-dealkylation sites (tertiary alicyclic amines) is 2. The zero-order valence-electron chi connectivity index (χ0n) is 17.3. The summed E-state index contributed by atoms with van der Waals surface area (Å²) in [5.41, 5.74) is 0.645. The van der Waals surface area contributed by atoms with E-state index >= 15 is 0 Å². The van der Waals surface area contributed by atoms with Gasteiger partial charge in [0.1, 0.15) is 5.75 Å². The van der Waals surface area contributed by atoms with Crippen molar-refractivity contribution in [3.05, 3.63) is 29.8 Å². The van der Waals surface area contributed by atoms with Gasteiger partial charge >= 0.3 is 0 Å². The second kappa shape index (κ2) is 9.41. The predicted octanol–water partition coefficient (Wildman–Crippen LogP) is 2.68. The molecule has 2 heterocycles. The Labute approximate surface area is 168 Å². The largest absolute Gasteiger partial charge is 0.497 e. The number of nitrogens with one attached hydrogen (secondary N) is 1. The molecule has 0 aromatic heterocycles. The van der Waals surface area contributed by atoms with E-state index < -0.39 is 0 Å². The number of carbonyl (C=O) groups excluding carboxylic acids is 2. The van der Waals surface area contributed by atoms with Gasteiger partial charge in [0, 0.05) is 36.8 Å². The molecular weight excluding hydrogens is 354 g/mol. The highest BCUT2D eigenvalue weighted by Crippen LogP contribution is 2.23. The van der Waals surface area contributed by atoms with E-state index in [1.54, 1.807) is 31.4 Å². The summed E-state index contributed by atoms with van der Waals surface area (Å²) in [7, 11) is 1.61. The highest BCUT2D eigenvalue weighted by molar-refractivity contribution is 5.94. The highest BCUT2D eigenvalue weighted by atomic mass is 16.5. The summed E-state index contributed by atoms with van der Waals surface area (Å²) in [4.78, 5) is 29.5. The van der Waals surface area contributed by atoms with E-state index in [1.165, 1.54) is 6.42 Å². The van der Waals surface area contributed by atoms with Crippen LogP contribution in [-0.2, 0) is 4.79 Å². The maximum atomic E-state index is 12.8. The number of amides is 2. The first-order valence-electron chi connectivity index (χ1n) is 10.5. The Morgan fingerprint density at radius 2 is 1.64 bits per heavy atom. The first kappa shape index (κ1) is 20.6. The summed E-state index contributed by atoms with van der Waals surface area (Å²) >= 11 is 0. The maximum absolute atomic E-state index is 12.8. The minimum absolute atomic E-state index is 0.0480. The van der Waals surface area contributed by atoms with Crippen molar-refractivity contribution in [3.8, 4) is 5.75 Å². The molecule has 1 aromatic rings. The van der Waals surface area contributed by atoms with Crippen LogP contribution < -0.4 is 10.1 Å². The molecule has 3 rings (SSSR count). The summed E-state index contributed by atoms with van der Waals surface area (Å²) in [5, 5.41) is 3.12. The summed E-state index contributed by atoms with van der Waals surface area (Å²) in [6, 6.07) is 8.01. The molecule has 0 saturated carbocycles. The Morgan fingerprint density at radius 1 is 1.04 bits per heavy atom. The van der Waals surface area contributed by atoms with Crippen LogP contribution in [0.15, 0.2) is 24.3 Å². The van der Waals surface area contributed by atoms with Gasteiger partial charge in [-0.25, -0.2) is 0 Å². The van der Waals surface area contributed by atoms with Crippen molar-refractivity contribution < 1.29 is 14.3 Å². The third-order valence-corrected chi connectivity index (χ3v) is 6.12. The standard InChI is InChI=1S/C22H33N3O3/c1-16-5-4-6-17(2)25(16)21(26)15-24-13-11-19(12-14-24)23-22(27)18-7-9-20(28-3)10-8-18/h7-10,16-17,19H,4-6,11-15H2,1-3H3,(H,23,27)/t16-,17+. The SMILES string of the molecule is COc1ccc(C(=O)NC2CCN(CC(=O)N3[C@H](C)CCC[C@@H]3C)CC2)cc1. The molecule has 2 atom stereocenters. The maximum Gasteiger partial charge on any atom is 0.251 e.